The van der Waals surface area contributed by atoms with Crippen LogP contribution in [0.3, 0.4) is 0 Å². The van der Waals surface area contributed by atoms with Gasteiger partial charge in [-0.25, -0.2) is 15.0 Å². The Morgan fingerprint density at radius 2 is 2.18 bits per heavy atom. The predicted octanol–water partition coefficient (Wildman–Crippen LogP) is 2.12. The van der Waals surface area contributed by atoms with Crippen LogP contribution in [0.2, 0.25) is 0 Å². The molecule has 2 heterocycles. The van der Waals surface area contributed by atoms with E-state index in [0.29, 0.717) is 21.5 Å². The Kier molecular flexibility index (Phi) is 3.14. The number of methoxy groups -OCH3 is 1. The van der Waals surface area contributed by atoms with Gasteiger partial charge in [-0.15, -0.1) is 11.3 Å². The van der Waals surface area contributed by atoms with E-state index in [1.807, 2.05) is 6.92 Å². The number of rotatable bonds is 3. The van der Waals surface area contributed by atoms with Crippen molar-refractivity contribution in [3.8, 4) is 16.6 Å². The highest BCUT2D eigenvalue weighted by Crippen LogP contribution is 2.27. The van der Waals surface area contributed by atoms with E-state index >= 15 is 0 Å². The minimum atomic E-state index is 0.0206. The van der Waals surface area contributed by atoms with Crippen LogP contribution in [0.1, 0.15) is 22.3 Å². The van der Waals surface area contributed by atoms with E-state index in [9.17, 15) is 4.79 Å². The van der Waals surface area contributed by atoms with Crippen LogP contribution < -0.4 is 4.74 Å². The standard InChI is InChI=1S/C11H11N3O2S/c1-6-10(7(2)15)17-11(14-6)8-4-9(16-3)13-5-12-8/h4-5H,1-3H3. The zero-order chi connectivity index (χ0) is 12.4. The van der Waals surface area contributed by atoms with Crippen molar-refractivity contribution >= 4 is 17.1 Å². The molecule has 0 N–H and O–H groups in total. The van der Waals surface area contributed by atoms with Crippen LogP contribution in [0.15, 0.2) is 12.4 Å². The fourth-order valence-electron chi connectivity index (χ4n) is 1.40. The highest BCUT2D eigenvalue weighted by atomic mass is 32.1. The first-order chi connectivity index (χ1) is 8.11. The molecule has 0 aliphatic rings. The summed E-state index contributed by atoms with van der Waals surface area (Å²) in [5, 5.41) is 0.702. The molecule has 0 bridgehead atoms. The van der Waals surface area contributed by atoms with Crippen molar-refractivity contribution in [2.45, 2.75) is 13.8 Å². The van der Waals surface area contributed by atoms with E-state index in [-0.39, 0.29) is 5.78 Å². The molecule has 0 amide bonds. The summed E-state index contributed by atoms with van der Waals surface area (Å²) in [6.45, 7) is 3.35. The van der Waals surface area contributed by atoms with E-state index in [2.05, 4.69) is 15.0 Å². The minimum absolute atomic E-state index is 0.0206. The van der Waals surface area contributed by atoms with E-state index in [4.69, 9.17) is 4.74 Å². The number of hydrogen-bond donors (Lipinski definition) is 0. The zero-order valence-electron chi connectivity index (χ0n) is 9.72. The molecular formula is C11H11N3O2S. The van der Waals surface area contributed by atoms with Gasteiger partial charge in [-0.3, -0.25) is 4.79 Å². The fourth-order valence-corrected chi connectivity index (χ4v) is 2.33. The molecular weight excluding hydrogens is 238 g/mol. The normalized spacial score (nSPS) is 10.3. The number of aryl methyl sites for hydroxylation is 1. The van der Waals surface area contributed by atoms with Crippen LogP contribution in [0.4, 0.5) is 0 Å². The molecule has 0 radical (unpaired) electrons. The topological polar surface area (TPSA) is 65.0 Å². The van der Waals surface area contributed by atoms with Gasteiger partial charge < -0.3 is 4.74 Å². The van der Waals surface area contributed by atoms with Gasteiger partial charge in [0.05, 0.1) is 17.7 Å². The maximum atomic E-state index is 11.3. The fraction of sp³-hybridized carbons (Fsp3) is 0.273. The van der Waals surface area contributed by atoms with Gasteiger partial charge in [0, 0.05) is 13.0 Å². The van der Waals surface area contributed by atoms with E-state index < -0.39 is 0 Å². The van der Waals surface area contributed by atoms with Crippen LogP contribution in [-0.4, -0.2) is 27.8 Å². The van der Waals surface area contributed by atoms with E-state index in [1.165, 1.54) is 24.6 Å². The lowest BCUT2D eigenvalue weighted by Crippen LogP contribution is -1.90. The minimum Gasteiger partial charge on any atom is -0.481 e. The number of hydrogen-bond acceptors (Lipinski definition) is 6. The number of ether oxygens (including phenoxy) is 1. The monoisotopic (exact) mass is 249 g/mol. The number of Topliss-reactive ketones (excluding diaryl/α,β-unsaturated/α-hetero) is 1. The van der Waals surface area contributed by atoms with E-state index in [0.717, 1.165) is 5.69 Å². The van der Waals surface area contributed by atoms with Crippen molar-refractivity contribution in [3.63, 3.8) is 0 Å². The summed E-state index contributed by atoms with van der Waals surface area (Å²) in [6, 6.07) is 1.70. The SMILES string of the molecule is COc1cc(-c2nc(C)c(C(C)=O)s2)ncn1. The number of nitrogens with zero attached hydrogens (tertiary/aromatic N) is 3. The van der Waals surface area contributed by atoms with Gasteiger partial charge in [-0.05, 0) is 6.92 Å². The van der Waals surface area contributed by atoms with Crippen molar-refractivity contribution in [2.24, 2.45) is 0 Å². The maximum Gasteiger partial charge on any atom is 0.216 e. The first-order valence-corrected chi connectivity index (χ1v) is 5.78. The summed E-state index contributed by atoms with van der Waals surface area (Å²) in [6.07, 6.45) is 1.42. The third-order valence-electron chi connectivity index (χ3n) is 2.19. The van der Waals surface area contributed by atoms with Gasteiger partial charge in [0.1, 0.15) is 17.0 Å². The molecule has 0 saturated heterocycles. The second kappa shape index (κ2) is 4.58. The molecule has 0 spiro atoms. The Hall–Kier alpha value is -1.82. The molecule has 2 rings (SSSR count). The van der Waals surface area contributed by atoms with Gasteiger partial charge in [0.2, 0.25) is 5.88 Å². The molecule has 0 unspecified atom stereocenters. The lowest BCUT2D eigenvalue weighted by molar-refractivity contribution is 0.102. The molecule has 2 aromatic heterocycles. The van der Waals surface area contributed by atoms with Crippen LogP contribution in [0.25, 0.3) is 10.7 Å². The first-order valence-electron chi connectivity index (χ1n) is 4.96. The predicted molar refractivity (Wildman–Crippen MR) is 64.4 cm³/mol. The summed E-state index contributed by atoms with van der Waals surface area (Å²) < 4.78 is 5.02. The molecule has 2 aromatic rings. The summed E-state index contributed by atoms with van der Waals surface area (Å²) in [7, 11) is 1.54. The number of ketones is 1. The summed E-state index contributed by atoms with van der Waals surface area (Å²) in [5.41, 5.74) is 1.40. The van der Waals surface area contributed by atoms with Crippen LogP contribution >= 0.6 is 11.3 Å². The highest BCUT2D eigenvalue weighted by Gasteiger charge is 2.14. The van der Waals surface area contributed by atoms with Crippen LogP contribution in [0.5, 0.6) is 5.88 Å². The molecule has 0 atom stereocenters. The Morgan fingerprint density at radius 3 is 2.76 bits per heavy atom. The highest BCUT2D eigenvalue weighted by molar-refractivity contribution is 7.17. The van der Waals surface area contributed by atoms with Crippen molar-refractivity contribution in [1.29, 1.82) is 0 Å². The molecule has 5 nitrogen and oxygen atoms in total. The van der Waals surface area contributed by atoms with Gasteiger partial charge in [-0.2, -0.15) is 0 Å². The Balaban J connectivity index is 2.46. The zero-order valence-corrected chi connectivity index (χ0v) is 10.5. The Bertz CT molecular complexity index is 566. The smallest absolute Gasteiger partial charge is 0.216 e. The molecule has 0 saturated carbocycles. The van der Waals surface area contributed by atoms with Crippen LogP contribution in [0, 0.1) is 6.92 Å². The third kappa shape index (κ3) is 2.31. The molecule has 0 aliphatic carbocycles. The summed E-state index contributed by atoms with van der Waals surface area (Å²) >= 11 is 1.33. The second-order valence-electron chi connectivity index (χ2n) is 3.44. The Labute approximate surface area is 103 Å². The molecule has 0 aliphatic heterocycles. The maximum absolute atomic E-state index is 11.3. The number of aromatic nitrogens is 3. The van der Waals surface area contributed by atoms with Crippen molar-refractivity contribution in [2.75, 3.05) is 7.11 Å². The van der Waals surface area contributed by atoms with Crippen LogP contribution in [-0.2, 0) is 0 Å². The Morgan fingerprint density at radius 1 is 1.41 bits per heavy atom. The van der Waals surface area contributed by atoms with Gasteiger partial charge in [0.25, 0.3) is 0 Å². The molecule has 6 heteroatoms. The lowest BCUT2D eigenvalue weighted by atomic mass is 10.3. The molecule has 0 aromatic carbocycles. The summed E-state index contributed by atoms with van der Waals surface area (Å²) in [5.74, 6) is 0.500. The molecule has 17 heavy (non-hydrogen) atoms. The number of thiazole rings is 1. The average molecular weight is 249 g/mol. The quantitative estimate of drug-likeness (QED) is 0.779. The summed E-state index contributed by atoms with van der Waals surface area (Å²) in [4.78, 5) is 24.4. The largest absolute Gasteiger partial charge is 0.481 e. The van der Waals surface area contributed by atoms with Gasteiger partial charge in [-0.1, -0.05) is 0 Å². The van der Waals surface area contributed by atoms with E-state index in [1.54, 1.807) is 13.2 Å². The lowest BCUT2D eigenvalue weighted by Gasteiger charge is -1.98. The number of carbonyl (C=O) groups excluding carboxylic acids is 1. The second-order valence-corrected chi connectivity index (χ2v) is 4.43. The van der Waals surface area contributed by atoms with Gasteiger partial charge >= 0.3 is 0 Å². The van der Waals surface area contributed by atoms with Crippen molar-refractivity contribution in [1.82, 2.24) is 15.0 Å². The average Bonchev–Trinajstić information content (AvgIpc) is 2.71. The van der Waals surface area contributed by atoms with Gasteiger partial charge in [0.15, 0.2) is 5.78 Å². The number of carbonyl (C=O) groups is 1. The van der Waals surface area contributed by atoms with Crippen molar-refractivity contribution in [3.05, 3.63) is 23.0 Å². The first kappa shape index (κ1) is 11.7. The third-order valence-corrected chi connectivity index (χ3v) is 3.47. The molecule has 0 fully saturated rings. The van der Waals surface area contributed by atoms with Crippen molar-refractivity contribution < 1.29 is 9.53 Å². The molecule has 88 valence electrons.